The van der Waals surface area contributed by atoms with Crippen molar-refractivity contribution >= 4 is 47.1 Å². The summed E-state index contributed by atoms with van der Waals surface area (Å²) in [5.74, 6) is 2.34. The highest BCUT2D eigenvalue weighted by Crippen LogP contribution is 2.38. The molecule has 2 amide bonds. The monoisotopic (exact) mass is 689 g/mol. The van der Waals surface area contributed by atoms with E-state index in [1.807, 2.05) is 0 Å². The van der Waals surface area contributed by atoms with Gasteiger partial charge in [-0.25, -0.2) is 0 Å². The minimum Gasteiger partial charge on any atom is -0.493 e. The molecule has 12 nitrogen and oxygen atoms in total. The molecule has 2 saturated heterocycles. The average Bonchev–Trinajstić information content (AvgIpc) is 3.59. The van der Waals surface area contributed by atoms with Crippen molar-refractivity contribution in [1.82, 2.24) is 9.80 Å². The van der Waals surface area contributed by atoms with Gasteiger partial charge in [-0.15, -0.1) is 23.5 Å². The predicted octanol–water partition coefficient (Wildman–Crippen LogP) is 4.86. The molecule has 0 unspecified atom stereocenters. The van der Waals surface area contributed by atoms with Gasteiger partial charge >= 0.3 is 0 Å². The van der Waals surface area contributed by atoms with Gasteiger partial charge in [-0.05, 0) is 54.2 Å². The molecule has 2 aromatic carbocycles. The molecule has 0 radical (unpaired) electrons. The Balaban J connectivity index is 1.41. The molecule has 256 valence electrons. The van der Waals surface area contributed by atoms with Gasteiger partial charge in [-0.3, -0.25) is 19.7 Å². The summed E-state index contributed by atoms with van der Waals surface area (Å²) in [5.41, 5.74) is 0.610. The zero-order chi connectivity index (χ0) is 33.8. The first-order chi connectivity index (χ1) is 22.8. The topological polar surface area (TPSA) is 141 Å². The Kier molecular flexibility index (Phi) is 14.1. The maximum Gasteiger partial charge on any atom is 0.285 e. The zero-order valence-corrected chi connectivity index (χ0v) is 28.7. The molecule has 4 rings (SSSR count). The summed E-state index contributed by atoms with van der Waals surface area (Å²) in [6, 6.07) is 7.82. The zero-order valence-electron chi connectivity index (χ0n) is 27.1. The van der Waals surface area contributed by atoms with E-state index in [1.54, 1.807) is 57.6 Å². The van der Waals surface area contributed by atoms with Crippen LogP contribution in [0.2, 0.25) is 0 Å². The molecule has 0 bridgehead atoms. The molecule has 2 heterocycles. The first-order valence-corrected chi connectivity index (χ1v) is 17.9. The van der Waals surface area contributed by atoms with Crippen molar-refractivity contribution in [3.8, 4) is 17.2 Å². The molecular weight excluding hydrogens is 647 g/mol. The average molecular weight is 690 g/mol. The number of ether oxygens (including phenoxy) is 4. The number of hydrogen-bond acceptors (Lipinski definition) is 11. The number of hydrogen-bond donors (Lipinski definition) is 1. The van der Waals surface area contributed by atoms with Crippen molar-refractivity contribution in [2.24, 2.45) is 0 Å². The van der Waals surface area contributed by atoms with Crippen LogP contribution in [0, 0.1) is 10.1 Å². The first-order valence-electron chi connectivity index (χ1n) is 15.8. The number of nitro groups is 1. The number of aliphatic hydroxyl groups excluding tert-OH is 1. The molecular formula is C33H43N3O9S2. The van der Waals surface area contributed by atoms with Crippen molar-refractivity contribution < 1.29 is 38.6 Å². The summed E-state index contributed by atoms with van der Waals surface area (Å²) in [7, 11) is 1.51. The molecule has 2 aromatic rings. The van der Waals surface area contributed by atoms with Gasteiger partial charge < -0.3 is 33.9 Å². The standard InChI is InChI=1S/C33H43N3O9S2/c1-4-46-33(47-5-2)26-7-6-12-35(26)32(39)25-20-24(22-37)29(21-27(25)36(40)41)45-18-17-44-28-10-8-23(19-30(28)42-3)9-11-31(38)34-13-15-43-16-14-34/h8-11,19-21,26,33,37H,4-7,12-18,22H2,1-3H3/t26-/m0/s1. The summed E-state index contributed by atoms with van der Waals surface area (Å²) in [4.78, 5) is 41.2. The molecule has 2 aliphatic heterocycles. The van der Waals surface area contributed by atoms with Crippen LogP contribution in [0.5, 0.6) is 17.2 Å². The van der Waals surface area contributed by atoms with Crippen molar-refractivity contribution in [1.29, 1.82) is 0 Å². The Morgan fingerprint density at radius 3 is 2.40 bits per heavy atom. The minimum atomic E-state index is -0.586. The van der Waals surface area contributed by atoms with Crippen LogP contribution < -0.4 is 14.2 Å². The number of morpholine rings is 1. The van der Waals surface area contributed by atoms with E-state index in [4.69, 9.17) is 18.9 Å². The van der Waals surface area contributed by atoms with Gasteiger partial charge in [-0.2, -0.15) is 0 Å². The molecule has 1 N–H and O–H groups in total. The van der Waals surface area contributed by atoms with Crippen LogP contribution >= 0.6 is 23.5 Å². The number of amides is 2. The highest BCUT2D eigenvalue weighted by atomic mass is 32.2. The SMILES string of the molecule is CCSC(SCC)[C@@H]1CCCN1C(=O)c1cc(CO)c(OCCOc2ccc(C=CC(=O)N3CCOCC3)cc2OC)cc1[N+](=O)[O-]. The molecule has 0 aromatic heterocycles. The van der Waals surface area contributed by atoms with E-state index < -0.39 is 17.4 Å². The predicted molar refractivity (Wildman–Crippen MR) is 184 cm³/mol. The van der Waals surface area contributed by atoms with Gasteiger partial charge in [0.2, 0.25) is 5.91 Å². The first kappa shape index (κ1) is 36.4. The fourth-order valence-corrected chi connectivity index (χ4v) is 8.41. The highest BCUT2D eigenvalue weighted by molar-refractivity contribution is 8.17. The quantitative estimate of drug-likeness (QED) is 0.0849. The van der Waals surface area contributed by atoms with E-state index in [2.05, 4.69) is 13.8 Å². The number of carbonyl (C=O) groups excluding carboxylic acids is 2. The third-order valence-corrected chi connectivity index (χ3v) is 10.6. The number of methoxy groups -OCH3 is 1. The fraction of sp³-hybridized carbons (Fsp3) is 0.515. The molecule has 14 heteroatoms. The lowest BCUT2D eigenvalue weighted by molar-refractivity contribution is -0.385. The Hall–Kier alpha value is -3.46. The number of benzene rings is 2. The van der Waals surface area contributed by atoms with Crippen LogP contribution in [0.3, 0.4) is 0 Å². The smallest absolute Gasteiger partial charge is 0.285 e. The van der Waals surface area contributed by atoms with Gasteiger partial charge in [0.05, 0.1) is 48.5 Å². The van der Waals surface area contributed by atoms with E-state index in [0.717, 1.165) is 29.9 Å². The third kappa shape index (κ3) is 9.55. The number of carbonyl (C=O) groups is 2. The maximum absolute atomic E-state index is 13.7. The molecule has 0 aliphatic carbocycles. The van der Waals surface area contributed by atoms with E-state index >= 15 is 0 Å². The van der Waals surface area contributed by atoms with Crippen molar-refractivity contribution in [3.63, 3.8) is 0 Å². The van der Waals surface area contributed by atoms with E-state index in [-0.39, 0.29) is 52.3 Å². The largest absolute Gasteiger partial charge is 0.493 e. The maximum atomic E-state index is 13.7. The Labute approximate surface area is 283 Å². The number of aliphatic hydroxyl groups is 1. The van der Waals surface area contributed by atoms with Gasteiger partial charge in [0, 0.05) is 31.3 Å². The van der Waals surface area contributed by atoms with Crippen LogP contribution in [0.15, 0.2) is 36.4 Å². The highest BCUT2D eigenvalue weighted by Gasteiger charge is 2.38. The van der Waals surface area contributed by atoms with Crippen LogP contribution in [0.25, 0.3) is 6.08 Å². The summed E-state index contributed by atoms with van der Waals surface area (Å²) < 4.78 is 22.6. The van der Waals surface area contributed by atoms with Crippen molar-refractivity contribution in [2.75, 3.05) is 64.7 Å². The Bertz CT molecular complexity index is 1410. The van der Waals surface area contributed by atoms with Gasteiger partial charge in [0.25, 0.3) is 11.6 Å². The van der Waals surface area contributed by atoms with Crippen molar-refractivity contribution in [3.05, 3.63) is 63.2 Å². The lowest BCUT2D eigenvalue weighted by Gasteiger charge is -2.31. The third-order valence-electron chi connectivity index (χ3n) is 7.84. The number of thioether (sulfide) groups is 2. The lowest BCUT2D eigenvalue weighted by atomic mass is 10.1. The minimum absolute atomic E-state index is 0.00860. The normalized spacial score (nSPS) is 16.6. The van der Waals surface area contributed by atoms with E-state index in [1.165, 1.54) is 25.3 Å². The summed E-state index contributed by atoms with van der Waals surface area (Å²) in [5, 5.41) is 22.2. The number of nitrogens with zero attached hydrogens (tertiary/aromatic N) is 3. The van der Waals surface area contributed by atoms with Crippen molar-refractivity contribution in [2.45, 2.75) is 43.9 Å². The molecule has 0 spiro atoms. The van der Waals surface area contributed by atoms with E-state index in [9.17, 15) is 24.8 Å². The molecule has 0 saturated carbocycles. The number of rotatable bonds is 16. The molecule has 1 atom stereocenters. The molecule has 2 aliphatic rings. The van der Waals surface area contributed by atoms with Crippen LogP contribution in [-0.4, -0.2) is 107 Å². The van der Waals surface area contributed by atoms with Gasteiger partial charge in [0.15, 0.2) is 11.5 Å². The second-order valence-corrected chi connectivity index (χ2v) is 13.9. The summed E-state index contributed by atoms with van der Waals surface area (Å²) in [6.45, 7) is 6.50. The van der Waals surface area contributed by atoms with Gasteiger partial charge in [0.1, 0.15) is 24.5 Å². The van der Waals surface area contributed by atoms with Crippen LogP contribution in [0.4, 0.5) is 5.69 Å². The Morgan fingerprint density at radius 2 is 1.77 bits per heavy atom. The molecule has 2 fully saturated rings. The van der Waals surface area contributed by atoms with Gasteiger partial charge in [-0.1, -0.05) is 19.9 Å². The second-order valence-electron chi connectivity index (χ2n) is 10.8. The fourth-order valence-electron chi connectivity index (χ4n) is 5.54. The second kappa shape index (κ2) is 18.2. The summed E-state index contributed by atoms with van der Waals surface area (Å²) in [6.07, 6.45) is 4.91. The number of likely N-dealkylation sites (tertiary alicyclic amines) is 1. The number of nitro benzene ring substituents is 1. The molecule has 47 heavy (non-hydrogen) atoms. The Morgan fingerprint density at radius 1 is 1.06 bits per heavy atom. The van der Waals surface area contributed by atoms with E-state index in [0.29, 0.717) is 44.3 Å². The lowest BCUT2D eigenvalue weighted by Crippen LogP contribution is -2.41. The van der Waals surface area contributed by atoms with Crippen LogP contribution in [-0.2, 0) is 16.1 Å². The van der Waals surface area contributed by atoms with Crippen LogP contribution in [0.1, 0.15) is 48.2 Å². The summed E-state index contributed by atoms with van der Waals surface area (Å²) >= 11 is 3.58.